The third-order valence-corrected chi connectivity index (χ3v) is 3.02. The summed E-state index contributed by atoms with van der Waals surface area (Å²) < 4.78 is 0.670. The number of carbonyl (C=O) groups is 1. The first-order valence-corrected chi connectivity index (χ1v) is 7.51. The van der Waals surface area contributed by atoms with E-state index < -0.39 is 0 Å². The normalized spacial score (nSPS) is 9.42. The van der Waals surface area contributed by atoms with Gasteiger partial charge in [0, 0.05) is 5.57 Å². The molecule has 4 heteroatoms. The Kier molecular flexibility index (Phi) is 12.5. The van der Waals surface area contributed by atoms with Crippen molar-refractivity contribution in [1.29, 1.82) is 0 Å². The summed E-state index contributed by atoms with van der Waals surface area (Å²) >= 11 is 6.43. The van der Waals surface area contributed by atoms with E-state index in [2.05, 4.69) is 18.1 Å². The van der Waals surface area contributed by atoms with E-state index >= 15 is 0 Å². The number of aromatic amines is 1. The molecule has 0 radical (unpaired) electrons. The molecule has 0 unspecified atom stereocenters. The molecule has 0 spiro atoms. The van der Waals surface area contributed by atoms with Crippen molar-refractivity contribution in [2.24, 2.45) is 0 Å². The Morgan fingerprint density at radius 1 is 1.26 bits per heavy atom. The van der Waals surface area contributed by atoms with Crippen LogP contribution in [0.4, 0.5) is 0 Å². The predicted octanol–water partition coefficient (Wildman–Crippen LogP) is 5.66. The Bertz CT molecular complexity index is 492. The van der Waals surface area contributed by atoms with Crippen LogP contribution in [0.15, 0.2) is 24.8 Å². The second-order valence-corrected chi connectivity index (χ2v) is 4.58. The zero-order valence-electron chi connectivity index (χ0n) is 12.4. The summed E-state index contributed by atoms with van der Waals surface area (Å²) in [6, 6.07) is 0. The highest BCUT2D eigenvalue weighted by Gasteiger charge is 2.04. The van der Waals surface area contributed by atoms with Gasteiger partial charge in [-0.15, -0.1) is 11.3 Å². The number of Topliss-reactive ketones (excluding diaryl/α,β-unsaturated/α-hetero) is 1. The van der Waals surface area contributed by atoms with Gasteiger partial charge < -0.3 is 4.98 Å². The highest BCUT2D eigenvalue weighted by molar-refractivity contribution is 7.73. The van der Waals surface area contributed by atoms with Crippen LogP contribution in [0.25, 0.3) is 12.2 Å². The smallest absolute Gasteiger partial charge is 0.159 e. The summed E-state index contributed by atoms with van der Waals surface area (Å²) in [7, 11) is 0. The number of allylic oxidation sites excluding steroid dienone is 2. The Morgan fingerprint density at radius 3 is 2.16 bits per heavy atom. The SMILES string of the molecule is C=C/C(=C\c1sc(=S)[nH]c1C=C)C(C)=O.CC.CC. The number of carbonyl (C=O) groups excluding carboxylic acids is 1. The van der Waals surface area contributed by atoms with Crippen molar-refractivity contribution >= 4 is 41.5 Å². The molecule has 2 nitrogen and oxygen atoms in total. The van der Waals surface area contributed by atoms with Crippen molar-refractivity contribution in [2.45, 2.75) is 34.6 Å². The first kappa shape index (κ1) is 20.1. The fraction of sp³-hybridized carbons (Fsp3) is 0.333. The molecular weight excluding hydrogens is 274 g/mol. The van der Waals surface area contributed by atoms with Crippen molar-refractivity contribution in [3.8, 4) is 0 Å². The van der Waals surface area contributed by atoms with Crippen LogP contribution >= 0.6 is 23.6 Å². The van der Waals surface area contributed by atoms with Gasteiger partial charge in [0.2, 0.25) is 0 Å². The van der Waals surface area contributed by atoms with Crippen LogP contribution in [-0.4, -0.2) is 10.8 Å². The largest absolute Gasteiger partial charge is 0.337 e. The Hall–Kier alpha value is -1.26. The van der Waals surface area contributed by atoms with E-state index in [0.29, 0.717) is 9.53 Å². The third kappa shape index (κ3) is 7.03. The molecular formula is C15H23NOS2. The molecule has 0 saturated heterocycles. The van der Waals surface area contributed by atoms with E-state index in [1.54, 1.807) is 12.2 Å². The fourth-order valence-corrected chi connectivity index (χ4v) is 2.23. The van der Waals surface area contributed by atoms with Crippen molar-refractivity contribution in [3.05, 3.63) is 39.3 Å². The first-order chi connectivity index (χ1) is 9.08. The van der Waals surface area contributed by atoms with Crippen LogP contribution in [0.2, 0.25) is 0 Å². The van der Waals surface area contributed by atoms with Crippen molar-refractivity contribution in [2.75, 3.05) is 0 Å². The maximum atomic E-state index is 11.2. The average Bonchev–Trinajstić information content (AvgIpc) is 2.80. The summed E-state index contributed by atoms with van der Waals surface area (Å²) in [6.07, 6.45) is 4.99. The maximum Gasteiger partial charge on any atom is 0.159 e. The average molecular weight is 297 g/mol. The van der Waals surface area contributed by atoms with Crippen LogP contribution in [-0.2, 0) is 4.79 Å². The number of aromatic nitrogens is 1. The van der Waals surface area contributed by atoms with E-state index in [4.69, 9.17) is 12.2 Å². The summed E-state index contributed by atoms with van der Waals surface area (Å²) in [4.78, 5) is 15.1. The monoisotopic (exact) mass is 297 g/mol. The molecule has 0 bridgehead atoms. The van der Waals surface area contributed by atoms with Gasteiger partial charge in [-0.3, -0.25) is 4.79 Å². The molecule has 19 heavy (non-hydrogen) atoms. The first-order valence-electron chi connectivity index (χ1n) is 6.29. The molecule has 1 rings (SSSR count). The number of hydrogen-bond acceptors (Lipinski definition) is 3. The molecule has 0 aromatic carbocycles. The molecule has 0 fully saturated rings. The molecule has 0 aliphatic rings. The van der Waals surface area contributed by atoms with E-state index in [1.807, 2.05) is 27.7 Å². The molecule has 0 amide bonds. The molecule has 1 aromatic heterocycles. The van der Waals surface area contributed by atoms with Gasteiger partial charge in [0.15, 0.2) is 9.74 Å². The van der Waals surface area contributed by atoms with Gasteiger partial charge in [-0.25, -0.2) is 0 Å². The quantitative estimate of drug-likeness (QED) is 0.442. The van der Waals surface area contributed by atoms with Gasteiger partial charge in [0.1, 0.15) is 0 Å². The molecule has 0 saturated carbocycles. The van der Waals surface area contributed by atoms with Crippen LogP contribution in [0.3, 0.4) is 0 Å². The lowest BCUT2D eigenvalue weighted by Crippen LogP contribution is -1.91. The summed E-state index contributed by atoms with van der Waals surface area (Å²) in [5.41, 5.74) is 1.41. The minimum absolute atomic E-state index is 0.0145. The van der Waals surface area contributed by atoms with Crippen molar-refractivity contribution < 1.29 is 4.79 Å². The Labute approximate surface area is 125 Å². The minimum Gasteiger partial charge on any atom is -0.337 e. The van der Waals surface area contributed by atoms with Crippen molar-refractivity contribution in [1.82, 2.24) is 4.98 Å². The highest BCUT2D eigenvalue weighted by atomic mass is 32.1. The van der Waals surface area contributed by atoms with Gasteiger partial charge in [-0.05, 0) is 31.3 Å². The van der Waals surface area contributed by atoms with Gasteiger partial charge >= 0.3 is 0 Å². The van der Waals surface area contributed by atoms with Gasteiger partial charge in [0.05, 0.1) is 10.6 Å². The molecule has 106 valence electrons. The predicted molar refractivity (Wildman–Crippen MR) is 91.1 cm³/mol. The number of hydrogen-bond donors (Lipinski definition) is 1. The number of ketones is 1. The zero-order valence-corrected chi connectivity index (χ0v) is 14.0. The fourth-order valence-electron chi connectivity index (χ4n) is 1.06. The molecule has 1 aromatic rings. The lowest BCUT2D eigenvalue weighted by atomic mass is 10.1. The van der Waals surface area contributed by atoms with E-state index in [0.717, 1.165) is 10.6 Å². The maximum absolute atomic E-state index is 11.2. The Morgan fingerprint density at radius 2 is 1.79 bits per heavy atom. The third-order valence-electron chi connectivity index (χ3n) is 1.82. The molecule has 1 heterocycles. The number of H-pyrrole nitrogens is 1. The molecule has 0 aliphatic heterocycles. The Balaban J connectivity index is 0. The standard InChI is InChI=1S/C11H11NOS2.2C2H6/c1-4-8(7(3)13)6-10-9(5-2)12-11(14)15-10;2*1-2/h4-6H,1-2H2,3H3,(H,12,14);2*1-2H3/b8-6+;;. The topological polar surface area (TPSA) is 32.9 Å². The number of nitrogens with one attached hydrogen (secondary N) is 1. The van der Waals surface area contributed by atoms with Crippen LogP contribution < -0.4 is 0 Å². The molecule has 0 aliphatic carbocycles. The van der Waals surface area contributed by atoms with Gasteiger partial charge in [0.25, 0.3) is 0 Å². The second-order valence-electron chi connectivity index (χ2n) is 2.86. The summed E-state index contributed by atoms with van der Waals surface area (Å²) in [6.45, 7) is 16.8. The number of rotatable bonds is 4. The lowest BCUT2D eigenvalue weighted by molar-refractivity contribution is -0.113. The van der Waals surface area contributed by atoms with Crippen LogP contribution in [0.5, 0.6) is 0 Å². The van der Waals surface area contributed by atoms with Crippen LogP contribution in [0.1, 0.15) is 45.2 Å². The summed E-state index contributed by atoms with van der Waals surface area (Å²) in [5.74, 6) is -0.0145. The molecule has 0 atom stereocenters. The zero-order chi connectivity index (χ0) is 15.4. The number of thiazole rings is 1. The lowest BCUT2D eigenvalue weighted by Gasteiger charge is -1.95. The van der Waals surface area contributed by atoms with E-state index in [1.165, 1.54) is 24.3 Å². The highest BCUT2D eigenvalue weighted by Crippen LogP contribution is 2.20. The van der Waals surface area contributed by atoms with Gasteiger partial charge in [-0.2, -0.15) is 0 Å². The molecule has 1 N–H and O–H groups in total. The second kappa shape index (κ2) is 11.8. The van der Waals surface area contributed by atoms with Crippen molar-refractivity contribution in [3.63, 3.8) is 0 Å². The van der Waals surface area contributed by atoms with Gasteiger partial charge in [-0.1, -0.05) is 46.9 Å². The minimum atomic E-state index is -0.0145. The van der Waals surface area contributed by atoms with E-state index in [9.17, 15) is 4.79 Å². The van der Waals surface area contributed by atoms with Crippen LogP contribution in [0, 0.1) is 3.95 Å². The summed E-state index contributed by atoms with van der Waals surface area (Å²) in [5, 5.41) is 0. The van der Waals surface area contributed by atoms with E-state index in [-0.39, 0.29) is 5.78 Å².